The van der Waals surface area contributed by atoms with E-state index in [2.05, 4.69) is 10.3 Å². The summed E-state index contributed by atoms with van der Waals surface area (Å²) in [6, 6.07) is 15.4. The van der Waals surface area contributed by atoms with Gasteiger partial charge in [0.1, 0.15) is 29.8 Å². The molecule has 1 saturated heterocycles. The van der Waals surface area contributed by atoms with Gasteiger partial charge in [0.25, 0.3) is 0 Å². The Hall–Kier alpha value is -3.19. The molecule has 0 spiro atoms. The van der Waals surface area contributed by atoms with Crippen LogP contribution in [0, 0.1) is 16.0 Å². The van der Waals surface area contributed by atoms with Gasteiger partial charge in [0.15, 0.2) is 0 Å². The number of aromatic nitrogens is 1. The van der Waals surface area contributed by atoms with Crippen molar-refractivity contribution in [2.24, 2.45) is 5.92 Å². The zero-order valence-electron chi connectivity index (χ0n) is 16.0. The van der Waals surface area contributed by atoms with Gasteiger partial charge >= 0.3 is 5.69 Å². The van der Waals surface area contributed by atoms with E-state index in [1.165, 1.54) is 6.20 Å². The largest absolute Gasteiger partial charge is 0.487 e. The van der Waals surface area contributed by atoms with Crippen LogP contribution in [0.3, 0.4) is 0 Å². The van der Waals surface area contributed by atoms with Crippen LogP contribution in [-0.2, 0) is 11.3 Å². The van der Waals surface area contributed by atoms with Crippen molar-refractivity contribution in [3.63, 3.8) is 0 Å². The van der Waals surface area contributed by atoms with E-state index in [1.807, 2.05) is 48.5 Å². The number of ether oxygens (including phenoxy) is 2. The van der Waals surface area contributed by atoms with Crippen molar-refractivity contribution in [1.29, 1.82) is 0 Å². The van der Waals surface area contributed by atoms with Crippen molar-refractivity contribution in [3.05, 3.63) is 70.4 Å². The van der Waals surface area contributed by atoms with Gasteiger partial charge in [-0.05, 0) is 30.4 Å². The Morgan fingerprint density at radius 1 is 1.14 bits per heavy atom. The molecule has 1 N–H and O–H groups in total. The van der Waals surface area contributed by atoms with Crippen LogP contribution < -0.4 is 10.1 Å². The highest BCUT2D eigenvalue weighted by atomic mass is 16.6. The Kier molecular flexibility index (Phi) is 5.86. The predicted octanol–water partition coefficient (Wildman–Crippen LogP) is 4.56. The standard InChI is InChI=1S/C22H23N3O4/c26-25(27)19-14-24-22-18(21(19)23-13-16-9-11-28-12-10-16)7-4-8-20(22)29-15-17-5-2-1-3-6-17/h1-8,14,16H,9-13,15H2,(H,23,24). The highest BCUT2D eigenvalue weighted by molar-refractivity contribution is 5.98. The second-order valence-corrected chi connectivity index (χ2v) is 7.14. The van der Waals surface area contributed by atoms with E-state index >= 15 is 0 Å². The van der Waals surface area contributed by atoms with E-state index < -0.39 is 4.92 Å². The Balaban J connectivity index is 1.62. The molecule has 0 unspecified atom stereocenters. The fourth-order valence-electron chi connectivity index (χ4n) is 3.56. The molecule has 7 nitrogen and oxygen atoms in total. The fourth-order valence-corrected chi connectivity index (χ4v) is 3.56. The molecular weight excluding hydrogens is 370 g/mol. The molecule has 150 valence electrons. The number of pyridine rings is 1. The average Bonchev–Trinajstić information content (AvgIpc) is 2.77. The lowest BCUT2D eigenvalue weighted by atomic mass is 10.00. The number of benzene rings is 2. The van der Waals surface area contributed by atoms with Crippen LogP contribution in [-0.4, -0.2) is 29.7 Å². The van der Waals surface area contributed by atoms with Gasteiger partial charge in [-0.3, -0.25) is 10.1 Å². The second kappa shape index (κ2) is 8.87. The van der Waals surface area contributed by atoms with E-state index in [4.69, 9.17) is 9.47 Å². The highest BCUT2D eigenvalue weighted by Gasteiger charge is 2.21. The smallest absolute Gasteiger partial charge is 0.311 e. The highest BCUT2D eigenvalue weighted by Crippen LogP contribution is 2.36. The molecule has 0 atom stereocenters. The maximum Gasteiger partial charge on any atom is 0.311 e. The number of rotatable bonds is 7. The molecule has 4 rings (SSSR count). The topological polar surface area (TPSA) is 86.5 Å². The van der Waals surface area contributed by atoms with Crippen LogP contribution in [0.4, 0.5) is 11.4 Å². The molecule has 7 heteroatoms. The van der Waals surface area contributed by atoms with Crippen LogP contribution >= 0.6 is 0 Å². The summed E-state index contributed by atoms with van der Waals surface area (Å²) >= 11 is 0. The Morgan fingerprint density at radius 2 is 1.93 bits per heavy atom. The molecule has 0 saturated carbocycles. The van der Waals surface area contributed by atoms with Crippen molar-refractivity contribution in [2.45, 2.75) is 19.4 Å². The molecule has 0 bridgehead atoms. The summed E-state index contributed by atoms with van der Waals surface area (Å²) in [4.78, 5) is 15.5. The molecule has 1 aliphatic heterocycles. The minimum absolute atomic E-state index is 0.0234. The van der Waals surface area contributed by atoms with Gasteiger partial charge in [-0.25, -0.2) is 4.98 Å². The molecule has 3 aromatic rings. The fraction of sp³-hybridized carbons (Fsp3) is 0.318. The maximum atomic E-state index is 11.6. The SMILES string of the molecule is O=[N+]([O-])c1cnc2c(OCc3ccccc3)cccc2c1NCC1CCOCC1. The first-order valence-corrected chi connectivity index (χ1v) is 9.77. The summed E-state index contributed by atoms with van der Waals surface area (Å²) in [6.45, 7) is 2.55. The number of nitrogens with zero attached hydrogens (tertiary/aromatic N) is 2. The van der Waals surface area contributed by atoms with Crippen molar-refractivity contribution >= 4 is 22.3 Å². The van der Waals surface area contributed by atoms with Crippen molar-refractivity contribution < 1.29 is 14.4 Å². The van der Waals surface area contributed by atoms with E-state index in [-0.39, 0.29) is 5.69 Å². The first-order valence-electron chi connectivity index (χ1n) is 9.77. The minimum Gasteiger partial charge on any atom is -0.487 e. The minimum atomic E-state index is -0.393. The average molecular weight is 393 g/mol. The summed E-state index contributed by atoms with van der Waals surface area (Å²) in [7, 11) is 0. The third-order valence-electron chi connectivity index (χ3n) is 5.18. The number of hydrogen-bond acceptors (Lipinski definition) is 6. The van der Waals surface area contributed by atoms with Crippen molar-refractivity contribution in [2.75, 3.05) is 25.1 Å². The molecule has 29 heavy (non-hydrogen) atoms. The van der Waals surface area contributed by atoms with Crippen LogP contribution in [0.15, 0.2) is 54.7 Å². The number of hydrogen-bond donors (Lipinski definition) is 1. The summed E-state index contributed by atoms with van der Waals surface area (Å²) < 4.78 is 11.4. The Bertz CT molecular complexity index is 988. The van der Waals surface area contributed by atoms with Crippen LogP contribution in [0.2, 0.25) is 0 Å². The lowest BCUT2D eigenvalue weighted by molar-refractivity contribution is -0.384. The van der Waals surface area contributed by atoms with E-state index in [0.29, 0.717) is 41.4 Å². The quantitative estimate of drug-likeness (QED) is 0.468. The lowest BCUT2D eigenvalue weighted by Gasteiger charge is -2.23. The predicted molar refractivity (Wildman–Crippen MR) is 111 cm³/mol. The van der Waals surface area contributed by atoms with E-state index in [1.54, 1.807) is 0 Å². The summed E-state index contributed by atoms with van der Waals surface area (Å²) in [6.07, 6.45) is 3.22. The lowest BCUT2D eigenvalue weighted by Crippen LogP contribution is -2.23. The van der Waals surface area contributed by atoms with Gasteiger partial charge in [-0.15, -0.1) is 0 Å². The van der Waals surface area contributed by atoms with Gasteiger partial charge in [-0.2, -0.15) is 0 Å². The number of nitrogens with one attached hydrogen (secondary N) is 1. The molecule has 1 aromatic heterocycles. The molecule has 2 heterocycles. The molecule has 2 aromatic carbocycles. The van der Waals surface area contributed by atoms with Crippen molar-refractivity contribution in [3.8, 4) is 5.75 Å². The third-order valence-corrected chi connectivity index (χ3v) is 5.18. The zero-order chi connectivity index (χ0) is 20.1. The van der Waals surface area contributed by atoms with E-state index in [9.17, 15) is 10.1 Å². The Labute approximate surface area is 168 Å². The molecule has 1 fully saturated rings. The molecular formula is C22H23N3O4. The van der Waals surface area contributed by atoms with Gasteiger partial charge in [0.2, 0.25) is 0 Å². The number of anilines is 1. The van der Waals surface area contributed by atoms with Crippen LogP contribution in [0.25, 0.3) is 10.9 Å². The zero-order valence-corrected chi connectivity index (χ0v) is 16.0. The Morgan fingerprint density at radius 3 is 2.69 bits per heavy atom. The normalized spacial score (nSPS) is 14.6. The third kappa shape index (κ3) is 4.46. The summed E-state index contributed by atoms with van der Waals surface area (Å²) in [5.74, 6) is 1.04. The van der Waals surface area contributed by atoms with Crippen LogP contribution in [0.1, 0.15) is 18.4 Å². The summed E-state index contributed by atoms with van der Waals surface area (Å²) in [5.41, 5.74) is 2.13. The molecule has 0 radical (unpaired) electrons. The van der Waals surface area contributed by atoms with Crippen molar-refractivity contribution in [1.82, 2.24) is 4.98 Å². The van der Waals surface area contributed by atoms with Gasteiger partial charge in [0.05, 0.1) is 4.92 Å². The van der Waals surface area contributed by atoms with Crippen LogP contribution in [0.5, 0.6) is 5.75 Å². The monoisotopic (exact) mass is 393 g/mol. The molecule has 0 aliphatic carbocycles. The first-order chi connectivity index (χ1) is 14.2. The van der Waals surface area contributed by atoms with E-state index in [0.717, 1.165) is 31.6 Å². The first kappa shape index (κ1) is 19.1. The maximum absolute atomic E-state index is 11.6. The number of nitro groups is 1. The number of para-hydroxylation sites is 1. The molecule has 1 aliphatic rings. The van der Waals surface area contributed by atoms with Gasteiger partial charge in [-0.1, -0.05) is 42.5 Å². The van der Waals surface area contributed by atoms with Gasteiger partial charge < -0.3 is 14.8 Å². The number of fused-ring (bicyclic) bond motifs is 1. The molecule has 0 amide bonds. The van der Waals surface area contributed by atoms with Gasteiger partial charge in [0, 0.05) is 25.1 Å². The summed E-state index contributed by atoms with van der Waals surface area (Å²) in [5, 5.41) is 15.6. The second-order valence-electron chi connectivity index (χ2n) is 7.14.